The molecule has 1 aromatic rings. The summed E-state index contributed by atoms with van der Waals surface area (Å²) in [6.45, 7) is 3.49. The van der Waals surface area contributed by atoms with Gasteiger partial charge in [0.15, 0.2) is 11.6 Å². The zero-order valence-corrected chi connectivity index (χ0v) is 10.5. The molecule has 1 aliphatic rings. The lowest BCUT2D eigenvalue weighted by Gasteiger charge is -2.27. The normalized spacial score (nSPS) is 15.3. The van der Waals surface area contributed by atoms with Gasteiger partial charge in [-0.05, 0) is 12.1 Å². The number of rotatable bonds is 4. The van der Waals surface area contributed by atoms with Gasteiger partial charge in [-0.3, -0.25) is 4.79 Å². The van der Waals surface area contributed by atoms with Crippen LogP contribution in [0.4, 0.5) is 5.82 Å². The summed E-state index contributed by atoms with van der Waals surface area (Å²) in [5, 5.41) is 6.23. The molecule has 0 spiro atoms. The van der Waals surface area contributed by atoms with Crippen LogP contribution >= 0.6 is 0 Å². The Morgan fingerprint density at radius 1 is 1.56 bits per heavy atom. The van der Waals surface area contributed by atoms with E-state index in [1.54, 1.807) is 19.4 Å². The van der Waals surface area contributed by atoms with Crippen molar-refractivity contribution in [2.75, 3.05) is 45.2 Å². The van der Waals surface area contributed by atoms with Crippen LogP contribution in [0.1, 0.15) is 0 Å². The lowest BCUT2D eigenvalue weighted by molar-refractivity contribution is -0.129. The Balaban J connectivity index is 1.88. The highest BCUT2D eigenvalue weighted by Crippen LogP contribution is 2.19. The van der Waals surface area contributed by atoms with E-state index in [4.69, 9.17) is 4.74 Å². The molecule has 0 radical (unpaired) electrons. The van der Waals surface area contributed by atoms with Crippen LogP contribution in [0.15, 0.2) is 18.3 Å². The minimum Gasteiger partial charge on any atom is -0.493 e. The molecule has 98 valence electrons. The second kappa shape index (κ2) is 6.20. The van der Waals surface area contributed by atoms with Gasteiger partial charge in [-0.1, -0.05) is 0 Å². The van der Waals surface area contributed by atoms with E-state index in [1.807, 2.05) is 11.0 Å². The average molecular weight is 250 g/mol. The van der Waals surface area contributed by atoms with Crippen LogP contribution < -0.4 is 15.4 Å². The van der Waals surface area contributed by atoms with Gasteiger partial charge >= 0.3 is 0 Å². The standard InChI is InChI=1S/C12H18N4O2/c1-18-10-3-2-4-14-12(10)15-9-11(17)16-7-5-13-6-8-16/h2-4,13H,5-9H2,1H3,(H,14,15). The van der Waals surface area contributed by atoms with Crippen molar-refractivity contribution in [1.82, 2.24) is 15.2 Å². The van der Waals surface area contributed by atoms with Crippen molar-refractivity contribution in [1.29, 1.82) is 0 Å². The van der Waals surface area contributed by atoms with Crippen LogP contribution in [-0.4, -0.2) is 55.6 Å². The molecular weight excluding hydrogens is 232 g/mol. The molecule has 1 aliphatic heterocycles. The second-order valence-corrected chi connectivity index (χ2v) is 4.04. The zero-order chi connectivity index (χ0) is 12.8. The molecule has 2 heterocycles. The van der Waals surface area contributed by atoms with E-state index in [9.17, 15) is 4.79 Å². The van der Waals surface area contributed by atoms with Gasteiger partial charge in [0, 0.05) is 32.4 Å². The number of nitrogens with one attached hydrogen (secondary N) is 2. The molecule has 2 N–H and O–H groups in total. The molecule has 0 aliphatic carbocycles. The van der Waals surface area contributed by atoms with Gasteiger partial charge in [-0.2, -0.15) is 0 Å². The minimum absolute atomic E-state index is 0.0872. The first kappa shape index (κ1) is 12.6. The SMILES string of the molecule is COc1cccnc1NCC(=O)N1CCNCC1. The van der Waals surface area contributed by atoms with E-state index < -0.39 is 0 Å². The molecule has 18 heavy (non-hydrogen) atoms. The number of amides is 1. The van der Waals surface area contributed by atoms with Crippen molar-refractivity contribution in [3.8, 4) is 5.75 Å². The topological polar surface area (TPSA) is 66.5 Å². The van der Waals surface area contributed by atoms with Crippen molar-refractivity contribution < 1.29 is 9.53 Å². The summed E-state index contributed by atoms with van der Waals surface area (Å²) in [6.07, 6.45) is 1.67. The Morgan fingerprint density at radius 3 is 3.06 bits per heavy atom. The molecule has 6 nitrogen and oxygen atoms in total. The maximum Gasteiger partial charge on any atom is 0.242 e. The quantitative estimate of drug-likeness (QED) is 0.783. The van der Waals surface area contributed by atoms with Crippen LogP contribution in [0.5, 0.6) is 5.75 Å². The third-order valence-corrected chi connectivity index (χ3v) is 2.87. The molecule has 1 amide bonds. The van der Waals surface area contributed by atoms with E-state index in [2.05, 4.69) is 15.6 Å². The average Bonchev–Trinajstić information content (AvgIpc) is 2.46. The Labute approximate surface area is 106 Å². The third-order valence-electron chi connectivity index (χ3n) is 2.87. The van der Waals surface area contributed by atoms with Gasteiger partial charge in [0.05, 0.1) is 13.7 Å². The summed E-state index contributed by atoms with van der Waals surface area (Å²) >= 11 is 0. The molecule has 1 aromatic heterocycles. The first-order chi connectivity index (χ1) is 8.81. The molecule has 0 bridgehead atoms. The fourth-order valence-corrected chi connectivity index (χ4v) is 1.87. The van der Waals surface area contributed by atoms with Crippen LogP contribution in [0.2, 0.25) is 0 Å². The predicted molar refractivity (Wildman–Crippen MR) is 68.7 cm³/mol. The fourth-order valence-electron chi connectivity index (χ4n) is 1.87. The van der Waals surface area contributed by atoms with Gasteiger partial charge in [0.25, 0.3) is 0 Å². The molecule has 2 rings (SSSR count). The van der Waals surface area contributed by atoms with E-state index in [-0.39, 0.29) is 12.5 Å². The number of piperazine rings is 1. The number of nitrogens with zero attached hydrogens (tertiary/aromatic N) is 2. The van der Waals surface area contributed by atoms with Gasteiger partial charge < -0.3 is 20.3 Å². The minimum atomic E-state index is 0.0872. The van der Waals surface area contributed by atoms with Crippen molar-refractivity contribution in [2.24, 2.45) is 0 Å². The number of hydrogen-bond acceptors (Lipinski definition) is 5. The highest BCUT2D eigenvalue weighted by atomic mass is 16.5. The molecule has 0 aromatic carbocycles. The van der Waals surface area contributed by atoms with Gasteiger partial charge in [0.2, 0.25) is 5.91 Å². The smallest absolute Gasteiger partial charge is 0.242 e. The van der Waals surface area contributed by atoms with Crippen molar-refractivity contribution in [3.63, 3.8) is 0 Å². The Hall–Kier alpha value is -1.82. The number of ether oxygens (including phenoxy) is 1. The lowest BCUT2D eigenvalue weighted by Crippen LogP contribution is -2.48. The number of pyridine rings is 1. The van der Waals surface area contributed by atoms with Crippen molar-refractivity contribution in [3.05, 3.63) is 18.3 Å². The maximum absolute atomic E-state index is 11.9. The van der Waals surface area contributed by atoms with Crippen LogP contribution in [-0.2, 0) is 4.79 Å². The van der Waals surface area contributed by atoms with Crippen LogP contribution in [0.25, 0.3) is 0 Å². The highest BCUT2D eigenvalue weighted by molar-refractivity contribution is 5.81. The Morgan fingerprint density at radius 2 is 2.33 bits per heavy atom. The Kier molecular flexibility index (Phi) is 4.35. The van der Waals surface area contributed by atoms with E-state index in [1.165, 1.54) is 0 Å². The van der Waals surface area contributed by atoms with Gasteiger partial charge in [0.1, 0.15) is 0 Å². The van der Waals surface area contributed by atoms with Crippen LogP contribution in [0.3, 0.4) is 0 Å². The lowest BCUT2D eigenvalue weighted by atomic mass is 10.3. The molecule has 1 fully saturated rings. The first-order valence-electron chi connectivity index (χ1n) is 6.02. The number of aromatic nitrogens is 1. The van der Waals surface area contributed by atoms with Gasteiger partial charge in [-0.15, -0.1) is 0 Å². The third kappa shape index (κ3) is 3.10. The first-order valence-corrected chi connectivity index (χ1v) is 6.02. The Bertz CT molecular complexity index is 405. The molecule has 0 atom stereocenters. The zero-order valence-electron chi connectivity index (χ0n) is 10.5. The predicted octanol–water partition coefficient (Wildman–Crippen LogP) is -0.0661. The maximum atomic E-state index is 11.9. The number of methoxy groups -OCH3 is 1. The van der Waals surface area contributed by atoms with E-state index in [0.717, 1.165) is 26.2 Å². The molecule has 0 unspecified atom stereocenters. The summed E-state index contributed by atoms with van der Waals surface area (Å²) in [5.41, 5.74) is 0. The summed E-state index contributed by atoms with van der Waals surface area (Å²) in [5.74, 6) is 1.33. The van der Waals surface area contributed by atoms with Crippen molar-refractivity contribution >= 4 is 11.7 Å². The molecule has 0 saturated carbocycles. The summed E-state index contributed by atoms with van der Waals surface area (Å²) in [4.78, 5) is 17.9. The van der Waals surface area contributed by atoms with Crippen LogP contribution in [0, 0.1) is 0 Å². The summed E-state index contributed by atoms with van der Waals surface area (Å²) < 4.78 is 5.16. The number of anilines is 1. The molecule has 1 saturated heterocycles. The second-order valence-electron chi connectivity index (χ2n) is 4.04. The monoisotopic (exact) mass is 250 g/mol. The number of carbonyl (C=O) groups excluding carboxylic acids is 1. The molecular formula is C12H18N4O2. The summed E-state index contributed by atoms with van der Waals surface area (Å²) in [6, 6.07) is 3.60. The van der Waals surface area contributed by atoms with Gasteiger partial charge in [-0.25, -0.2) is 4.98 Å². The fraction of sp³-hybridized carbons (Fsp3) is 0.500. The largest absolute Gasteiger partial charge is 0.493 e. The van der Waals surface area contributed by atoms with E-state index in [0.29, 0.717) is 11.6 Å². The van der Waals surface area contributed by atoms with E-state index >= 15 is 0 Å². The molecule has 6 heteroatoms. The number of carbonyl (C=O) groups is 1. The summed E-state index contributed by atoms with van der Waals surface area (Å²) in [7, 11) is 1.58. The highest BCUT2D eigenvalue weighted by Gasteiger charge is 2.16. The number of hydrogen-bond donors (Lipinski definition) is 2. The van der Waals surface area contributed by atoms with Crippen molar-refractivity contribution in [2.45, 2.75) is 0 Å².